The molecule has 0 spiro atoms. The summed E-state index contributed by atoms with van der Waals surface area (Å²) in [6.45, 7) is 0.157. The number of aromatic amines is 1. The summed E-state index contributed by atoms with van der Waals surface area (Å²) in [6, 6.07) is 7.90. The molecule has 1 fully saturated rings. The largest absolute Gasteiger partial charge is 0.447 e. The van der Waals surface area contributed by atoms with E-state index in [0.717, 1.165) is 11.6 Å². The highest BCUT2D eigenvalue weighted by Gasteiger charge is 2.37. The summed E-state index contributed by atoms with van der Waals surface area (Å²) in [5, 5.41) is 3.02. The third kappa shape index (κ3) is 3.81. The van der Waals surface area contributed by atoms with Crippen molar-refractivity contribution < 1.29 is 27.1 Å². The Morgan fingerprint density at radius 3 is 2.66 bits per heavy atom. The maximum atomic E-state index is 14.4. The van der Waals surface area contributed by atoms with Crippen molar-refractivity contribution in [2.45, 2.75) is 31.4 Å². The van der Waals surface area contributed by atoms with Crippen molar-refractivity contribution in [2.75, 3.05) is 0 Å². The third-order valence-electron chi connectivity index (χ3n) is 5.66. The molecular weight excluding hydrogens is 423 g/mol. The maximum absolute atomic E-state index is 14.4. The second-order valence-electron chi connectivity index (χ2n) is 7.75. The van der Waals surface area contributed by atoms with Gasteiger partial charge in [-0.1, -0.05) is 0 Å². The van der Waals surface area contributed by atoms with Crippen LogP contribution in [0.25, 0.3) is 22.2 Å². The highest BCUT2D eigenvalue weighted by atomic mass is 19.1. The predicted molar refractivity (Wildman–Crippen MR) is 109 cm³/mol. The molecule has 0 saturated heterocycles. The summed E-state index contributed by atoms with van der Waals surface area (Å²) in [5.41, 5.74) is 2.18. The van der Waals surface area contributed by atoms with E-state index in [2.05, 4.69) is 15.3 Å². The Balaban J connectivity index is 1.36. The zero-order valence-electron chi connectivity index (χ0n) is 16.7. The number of hydrogen-bond donors (Lipinski definition) is 2. The molecule has 2 aromatic heterocycles. The molecule has 4 aromatic rings. The Kier molecular flexibility index (Phi) is 5.08. The minimum absolute atomic E-state index is 0.0860. The van der Waals surface area contributed by atoms with E-state index >= 15 is 0 Å². The Morgan fingerprint density at radius 1 is 1.16 bits per heavy atom. The number of hydrogen-bond acceptors (Lipinski definition) is 4. The van der Waals surface area contributed by atoms with Gasteiger partial charge in [-0.15, -0.1) is 0 Å². The fraction of sp³-hybridized carbons (Fsp3) is 0.217. The van der Waals surface area contributed by atoms with Gasteiger partial charge in [0.1, 0.15) is 29.3 Å². The van der Waals surface area contributed by atoms with Crippen molar-refractivity contribution in [3.63, 3.8) is 0 Å². The number of nitrogens with one attached hydrogen (secondary N) is 2. The van der Waals surface area contributed by atoms with Gasteiger partial charge in [0, 0.05) is 11.5 Å². The van der Waals surface area contributed by atoms with E-state index in [1.807, 2.05) is 0 Å². The van der Waals surface area contributed by atoms with E-state index in [-0.39, 0.29) is 24.1 Å². The zero-order valence-corrected chi connectivity index (χ0v) is 16.7. The van der Waals surface area contributed by atoms with Crippen molar-refractivity contribution in [3.05, 3.63) is 77.8 Å². The van der Waals surface area contributed by atoms with E-state index in [1.165, 1.54) is 30.8 Å². The second-order valence-corrected chi connectivity index (χ2v) is 7.75. The highest BCUT2D eigenvalue weighted by Crippen LogP contribution is 2.46. The lowest BCUT2D eigenvalue weighted by Crippen LogP contribution is -2.36. The molecule has 2 heterocycles. The van der Waals surface area contributed by atoms with Gasteiger partial charge < -0.3 is 19.5 Å². The number of amides is 1. The summed E-state index contributed by atoms with van der Waals surface area (Å²) in [7, 11) is 0. The van der Waals surface area contributed by atoms with Crippen LogP contribution in [0.4, 0.5) is 18.0 Å². The van der Waals surface area contributed by atoms with Gasteiger partial charge in [0.2, 0.25) is 0 Å². The first-order chi connectivity index (χ1) is 15.5. The third-order valence-corrected chi connectivity index (χ3v) is 5.66. The van der Waals surface area contributed by atoms with Crippen molar-refractivity contribution in [3.8, 4) is 11.3 Å². The number of rotatable bonds is 5. The van der Waals surface area contributed by atoms with Crippen LogP contribution in [0.2, 0.25) is 0 Å². The Hall–Kier alpha value is -3.75. The fourth-order valence-corrected chi connectivity index (χ4v) is 4.09. The Labute approximate surface area is 180 Å². The minimum Gasteiger partial charge on any atom is -0.447 e. The van der Waals surface area contributed by atoms with E-state index in [1.54, 1.807) is 12.1 Å². The SMILES string of the molecule is O=C(NCc1cnco1)OC1CC(c2c(-c3ccc(F)cc3)[nH]c3c(F)cc(F)cc23)C1. The van der Waals surface area contributed by atoms with Crippen LogP contribution in [0, 0.1) is 17.5 Å². The molecular formula is C23H18F3N3O3. The molecule has 164 valence electrons. The van der Waals surface area contributed by atoms with Crippen LogP contribution in [-0.2, 0) is 11.3 Å². The van der Waals surface area contributed by atoms with Crippen LogP contribution in [-0.4, -0.2) is 22.2 Å². The molecule has 1 amide bonds. The van der Waals surface area contributed by atoms with Crippen LogP contribution < -0.4 is 5.32 Å². The van der Waals surface area contributed by atoms with Crippen molar-refractivity contribution in [1.29, 1.82) is 0 Å². The lowest BCUT2D eigenvalue weighted by atomic mass is 9.75. The predicted octanol–water partition coefficient (Wildman–Crippen LogP) is 5.41. The normalized spacial score (nSPS) is 17.8. The molecule has 0 atom stereocenters. The Bertz CT molecular complexity index is 1260. The molecule has 6 nitrogen and oxygen atoms in total. The first-order valence-electron chi connectivity index (χ1n) is 10.1. The van der Waals surface area contributed by atoms with Gasteiger partial charge >= 0.3 is 6.09 Å². The average Bonchev–Trinajstić information content (AvgIpc) is 3.38. The van der Waals surface area contributed by atoms with Gasteiger partial charge in [0.15, 0.2) is 6.39 Å². The van der Waals surface area contributed by atoms with Crippen molar-refractivity contribution in [1.82, 2.24) is 15.3 Å². The molecule has 2 N–H and O–H groups in total. The average molecular weight is 441 g/mol. The van der Waals surface area contributed by atoms with Gasteiger partial charge in [-0.2, -0.15) is 0 Å². The molecule has 1 aliphatic carbocycles. The molecule has 0 bridgehead atoms. The number of halogens is 3. The van der Waals surface area contributed by atoms with Crippen molar-refractivity contribution in [2.24, 2.45) is 0 Å². The first kappa shape index (κ1) is 20.2. The summed E-state index contributed by atoms with van der Waals surface area (Å²) in [5.74, 6) is -1.36. The van der Waals surface area contributed by atoms with Gasteiger partial charge in [-0.3, -0.25) is 0 Å². The number of nitrogens with zero attached hydrogens (tertiary/aromatic N) is 1. The molecule has 1 aliphatic rings. The molecule has 5 rings (SSSR count). The number of oxazole rings is 1. The van der Waals surface area contributed by atoms with Crippen LogP contribution in [0.1, 0.15) is 30.1 Å². The van der Waals surface area contributed by atoms with Gasteiger partial charge in [-0.05, 0) is 60.2 Å². The molecule has 9 heteroatoms. The van der Waals surface area contributed by atoms with Crippen molar-refractivity contribution >= 4 is 17.0 Å². The monoisotopic (exact) mass is 441 g/mol. The van der Waals surface area contributed by atoms with Gasteiger partial charge in [-0.25, -0.2) is 22.9 Å². The van der Waals surface area contributed by atoms with E-state index in [9.17, 15) is 18.0 Å². The number of benzene rings is 2. The number of carbonyl (C=O) groups is 1. The van der Waals surface area contributed by atoms with Crippen LogP contribution in [0.15, 0.2) is 53.4 Å². The molecule has 0 unspecified atom stereocenters. The zero-order chi connectivity index (χ0) is 22.2. The van der Waals surface area contributed by atoms with E-state index < -0.39 is 23.5 Å². The molecule has 2 aromatic carbocycles. The van der Waals surface area contributed by atoms with Gasteiger partial charge in [0.25, 0.3) is 0 Å². The van der Waals surface area contributed by atoms with Gasteiger partial charge in [0.05, 0.1) is 24.0 Å². The van der Waals surface area contributed by atoms with Crippen LogP contribution >= 0.6 is 0 Å². The van der Waals surface area contributed by atoms with E-state index in [4.69, 9.17) is 9.15 Å². The number of ether oxygens (including phenoxy) is 1. The lowest BCUT2D eigenvalue weighted by Gasteiger charge is -2.35. The number of aromatic nitrogens is 2. The smallest absolute Gasteiger partial charge is 0.407 e. The van der Waals surface area contributed by atoms with E-state index in [0.29, 0.717) is 35.2 Å². The highest BCUT2D eigenvalue weighted by molar-refractivity contribution is 5.92. The lowest BCUT2D eigenvalue weighted by molar-refractivity contribution is 0.0393. The summed E-state index contributed by atoms with van der Waals surface area (Å²) in [6.07, 6.45) is 2.83. The topological polar surface area (TPSA) is 80.2 Å². The number of H-pyrrole nitrogens is 1. The number of fused-ring (bicyclic) bond motifs is 1. The standard InChI is InChI=1S/C23H18F3N3O3/c24-14-3-1-12(2-4-14)21-20(18-7-15(25)8-19(26)22(18)29-21)13-5-16(6-13)32-23(30)28-10-17-9-27-11-31-17/h1-4,7-9,11,13,16,29H,5-6,10H2,(H,28,30). The molecule has 1 saturated carbocycles. The number of carbonyl (C=O) groups excluding carboxylic acids is 1. The minimum atomic E-state index is -0.700. The molecule has 0 radical (unpaired) electrons. The quantitative estimate of drug-likeness (QED) is 0.434. The molecule has 32 heavy (non-hydrogen) atoms. The maximum Gasteiger partial charge on any atom is 0.407 e. The van der Waals surface area contributed by atoms with Crippen LogP contribution in [0.3, 0.4) is 0 Å². The summed E-state index contributed by atoms with van der Waals surface area (Å²) in [4.78, 5) is 18.8. The second kappa shape index (κ2) is 8.07. The summed E-state index contributed by atoms with van der Waals surface area (Å²) >= 11 is 0. The Morgan fingerprint density at radius 2 is 1.94 bits per heavy atom. The number of alkyl carbamates (subject to hydrolysis) is 1. The first-order valence-corrected chi connectivity index (χ1v) is 10.1. The molecule has 0 aliphatic heterocycles. The fourth-order valence-electron chi connectivity index (χ4n) is 4.09. The van der Waals surface area contributed by atoms with Crippen LogP contribution in [0.5, 0.6) is 0 Å². The summed E-state index contributed by atoms with van der Waals surface area (Å²) < 4.78 is 52.3.